The fourth-order valence-corrected chi connectivity index (χ4v) is 6.19. The third-order valence-corrected chi connectivity index (χ3v) is 8.03. The number of nitrogens with zero attached hydrogens (tertiary/aromatic N) is 2. The maximum Gasteiger partial charge on any atom is 0.331 e. The average Bonchev–Trinajstić information content (AvgIpc) is 3.30. The Morgan fingerprint density at radius 2 is 1.98 bits per heavy atom. The van der Waals surface area contributed by atoms with Crippen LogP contribution in [0.3, 0.4) is 0 Å². The summed E-state index contributed by atoms with van der Waals surface area (Å²) in [7, 11) is 0. The van der Waals surface area contributed by atoms with Gasteiger partial charge in [0.25, 0.3) is 5.91 Å². The maximum atomic E-state index is 13.5. The van der Waals surface area contributed by atoms with Gasteiger partial charge in [0.1, 0.15) is 15.5 Å². The van der Waals surface area contributed by atoms with Crippen LogP contribution in [-0.2, 0) is 0 Å². The van der Waals surface area contributed by atoms with Crippen molar-refractivity contribution >= 4 is 50.6 Å². The number of rotatable bonds is 7. The Balaban J connectivity index is 1.31. The molecule has 4 heterocycles. The highest BCUT2D eigenvalue weighted by Crippen LogP contribution is 2.46. The molecule has 0 radical (unpaired) electrons. The first kappa shape index (κ1) is 26.1. The van der Waals surface area contributed by atoms with E-state index in [2.05, 4.69) is 20.9 Å². The molecular weight excluding hydrogens is 526 g/mol. The highest BCUT2D eigenvalue weighted by atomic mass is 32.1. The highest BCUT2D eigenvalue weighted by molar-refractivity contribution is 7.21. The molecule has 40 heavy (non-hydrogen) atoms. The third-order valence-electron chi connectivity index (χ3n) is 6.93. The number of carbonyl (C=O) groups is 2. The lowest BCUT2D eigenvalue weighted by Gasteiger charge is -2.30. The van der Waals surface area contributed by atoms with Crippen LogP contribution in [0.15, 0.2) is 54.7 Å². The van der Waals surface area contributed by atoms with Crippen molar-refractivity contribution < 1.29 is 19.1 Å². The Kier molecular flexibility index (Phi) is 7.03. The number of hydrogen-bond acceptors (Lipinski definition) is 7. The lowest BCUT2D eigenvalue weighted by molar-refractivity contribution is 0.0935. The number of anilines is 3. The van der Waals surface area contributed by atoms with Crippen molar-refractivity contribution in [3.63, 3.8) is 0 Å². The molecule has 2 aromatic carbocycles. The van der Waals surface area contributed by atoms with Gasteiger partial charge in [-0.2, -0.15) is 0 Å². The van der Waals surface area contributed by atoms with Crippen molar-refractivity contribution in [1.29, 1.82) is 0 Å². The van der Waals surface area contributed by atoms with Gasteiger partial charge in [-0.15, -0.1) is 11.3 Å². The van der Waals surface area contributed by atoms with Crippen LogP contribution >= 0.6 is 11.3 Å². The molecule has 2 aliphatic rings. The molecule has 0 saturated carbocycles. The van der Waals surface area contributed by atoms with Crippen LogP contribution in [0.25, 0.3) is 10.2 Å². The molecule has 4 aromatic rings. The van der Waals surface area contributed by atoms with Crippen molar-refractivity contribution in [1.82, 2.24) is 15.6 Å². The molecule has 10 heteroatoms. The standard InChI is InChI=1S/C30H31N5O4S/c1-17(2)38-23-8-4-5-9-24(23)39-20-10-11-21(18(3)15-20)35-22-12-14-32-29-25(22)26(34-30(35)37)27(40-29)28(36)33-19-7-6-13-31-16-19/h4-5,8-12,14-15,17,19,31H,6-7,13,16H2,1-3H3,(H,33,36)(H,34,37)/t19-/m1/s1. The van der Waals surface area contributed by atoms with Gasteiger partial charge in [0.05, 0.1) is 28.6 Å². The Labute approximate surface area is 236 Å². The molecule has 6 rings (SSSR count). The molecule has 9 nitrogen and oxygen atoms in total. The molecule has 1 saturated heterocycles. The molecule has 1 fully saturated rings. The number of para-hydroxylation sites is 2. The summed E-state index contributed by atoms with van der Waals surface area (Å²) in [5.74, 6) is 1.72. The van der Waals surface area contributed by atoms with Gasteiger partial charge in [0.2, 0.25) is 0 Å². The largest absolute Gasteiger partial charge is 0.487 e. The van der Waals surface area contributed by atoms with Crippen molar-refractivity contribution in [3.8, 4) is 17.2 Å². The van der Waals surface area contributed by atoms with Crippen LogP contribution in [0, 0.1) is 6.92 Å². The van der Waals surface area contributed by atoms with Crippen LogP contribution in [-0.4, -0.2) is 42.2 Å². The Morgan fingerprint density at radius 1 is 1.15 bits per heavy atom. The van der Waals surface area contributed by atoms with Crippen LogP contribution in [0.5, 0.6) is 17.2 Å². The van der Waals surface area contributed by atoms with Gasteiger partial charge in [-0.3, -0.25) is 9.69 Å². The first-order chi connectivity index (χ1) is 19.4. The minimum atomic E-state index is -0.334. The molecule has 1 atom stereocenters. The number of pyridine rings is 1. The van der Waals surface area contributed by atoms with Gasteiger partial charge in [-0.25, -0.2) is 9.78 Å². The molecule has 0 aliphatic carbocycles. The first-order valence-corrected chi connectivity index (χ1v) is 14.3. The van der Waals surface area contributed by atoms with E-state index in [0.29, 0.717) is 44.0 Å². The predicted octanol–water partition coefficient (Wildman–Crippen LogP) is 6.35. The van der Waals surface area contributed by atoms with Crippen LogP contribution in [0.1, 0.15) is 41.9 Å². The molecule has 2 aromatic heterocycles. The van der Waals surface area contributed by atoms with Crippen molar-refractivity contribution in [2.45, 2.75) is 45.8 Å². The smallest absolute Gasteiger partial charge is 0.331 e. The average molecular weight is 558 g/mol. The van der Waals surface area contributed by atoms with E-state index < -0.39 is 0 Å². The van der Waals surface area contributed by atoms with Crippen molar-refractivity contribution in [3.05, 3.63) is 65.2 Å². The summed E-state index contributed by atoms with van der Waals surface area (Å²) >= 11 is 1.30. The molecule has 0 spiro atoms. The maximum absolute atomic E-state index is 13.5. The molecule has 3 amide bonds. The van der Waals surface area contributed by atoms with Crippen molar-refractivity contribution in [2.24, 2.45) is 0 Å². The highest BCUT2D eigenvalue weighted by Gasteiger charge is 2.33. The minimum absolute atomic E-state index is 0.0153. The summed E-state index contributed by atoms with van der Waals surface area (Å²) < 4.78 is 12.0. The van der Waals surface area contributed by atoms with E-state index in [1.54, 1.807) is 11.1 Å². The monoisotopic (exact) mass is 557 g/mol. The van der Waals surface area contributed by atoms with Gasteiger partial charge >= 0.3 is 6.03 Å². The van der Waals surface area contributed by atoms with Gasteiger partial charge in [0.15, 0.2) is 11.5 Å². The number of thiophene rings is 1. The molecule has 0 unspecified atom stereocenters. The summed E-state index contributed by atoms with van der Waals surface area (Å²) in [5, 5.41) is 10.2. The topological polar surface area (TPSA) is 105 Å². The van der Waals surface area contributed by atoms with E-state index in [-0.39, 0.29) is 24.1 Å². The predicted molar refractivity (Wildman–Crippen MR) is 158 cm³/mol. The number of nitrogens with one attached hydrogen (secondary N) is 3. The number of ether oxygens (including phenoxy) is 2. The number of amides is 3. The Hall–Kier alpha value is -4.15. The van der Waals surface area contributed by atoms with Gasteiger partial charge in [-0.1, -0.05) is 12.1 Å². The second-order valence-corrected chi connectivity index (χ2v) is 11.3. The van der Waals surface area contributed by atoms with E-state index >= 15 is 0 Å². The van der Waals surface area contributed by atoms with E-state index in [4.69, 9.17) is 9.47 Å². The second kappa shape index (κ2) is 10.8. The molecular formula is C30H31N5O4S. The minimum Gasteiger partial charge on any atom is -0.487 e. The van der Waals surface area contributed by atoms with E-state index in [1.165, 1.54) is 11.3 Å². The zero-order valence-corrected chi connectivity index (χ0v) is 23.4. The number of urea groups is 1. The van der Waals surface area contributed by atoms with Gasteiger partial charge in [-0.05, 0) is 82.1 Å². The Bertz CT molecular complexity index is 1590. The summed E-state index contributed by atoms with van der Waals surface area (Å²) in [5.41, 5.74) is 2.76. The normalized spacial score (nSPS) is 16.6. The number of aromatic nitrogens is 1. The van der Waals surface area contributed by atoms with Crippen LogP contribution < -0.4 is 30.3 Å². The zero-order chi connectivity index (χ0) is 27.8. The Morgan fingerprint density at radius 3 is 2.73 bits per heavy atom. The summed E-state index contributed by atoms with van der Waals surface area (Å²) in [6.45, 7) is 7.58. The lowest BCUT2D eigenvalue weighted by Crippen LogP contribution is -2.45. The fourth-order valence-electron chi connectivity index (χ4n) is 5.16. The summed E-state index contributed by atoms with van der Waals surface area (Å²) in [6.07, 6.45) is 3.64. The quantitative estimate of drug-likeness (QED) is 0.245. The summed E-state index contributed by atoms with van der Waals surface area (Å²) in [6, 6.07) is 14.7. The third kappa shape index (κ3) is 4.96. The van der Waals surface area contributed by atoms with Crippen LogP contribution in [0.2, 0.25) is 0 Å². The number of carbonyl (C=O) groups excluding carboxylic acids is 2. The lowest BCUT2D eigenvalue weighted by atomic mass is 10.1. The molecule has 2 aliphatic heterocycles. The second-order valence-electron chi connectivity index (χ2n) is 10.3. The number of hydrogen-bond donors (Lipinski definition) is 3. The zero-order valence-electron chi connectivity index (χ0n) is 22.6. The fraction of sp³-hybridized carbons (Fsp3) is 0.300. The van der Waals surface area contributed by atoms with E-state index in [0.717, 1.165) is 36.9 Å². The number of benzene rings is 2. The van der Waals surface area contributed by atoms with Gasteiger partial charge in [0, 0.05) is 18.8 Å². The SMILES string of the molecule is Cc1cc(Oc2ccccc2OC(C)C)ccc1N1C(=O)Nc2c(C(=O)N[C@@H]3CCCNC3)sc3nccc1c23. The first-order valence-electron chi connectivity index (χ1n) is 13.5. The number of piperidine rings is 1. The summed E-state index contributed by atoms with van der Waals surface area (Å²) in [4.78, 5) is 34.1. The number of aryl methyl sites for hydroxylation is 1. The van der Waals surface area contributed by atoms with Crippen LogP contribution in [0.4, 0.5) is 21.9 Å². The van der Waals surface area contributed by atoms with Gasteiger partial charge < -0.3 is 25.4 Å². The van der Waals surface area contributed by atoms with Crippen molar-refractivity contribution in [2.75, 3.05) is 23.3 Å². The molecule has 0 bridgehead atoms. The van der Waals surface area contributed by atoms with E-state index in [9.17, 15) is 9.59 Å². The van der Waals surface area contributed by atoms with E-state index in [1.807, 2.05) is 69.3 Å². The molecule has 3 N–H and O–H groups in total. The molecule has 206 valence electrons.